The molecule has 2 aromatic rings. The number of thioether (sulfide) groups is 1. The summed E-state index contributed by atoms with van der Waals surface area (Å²) in [6.45, 7) is 0. The molecule has 2 aliphatic rings. The van der Waals surface area contributed by atoms with Gasteiger partial charge in [0.25, 0.3) is 0 Å². The molecule has 2 N–H and O–H groups in total. The molecule has 136 valence electrons. The molecule has 0 spiro atoms. The van der Waals surface area contributed by atoms with Crippen LogP contribution < -0.4 is 15.2 Å². The van der Waals surface area contributed by atoms with Crippen molar-refractivity contribution in [2.75, 3.05) is 20.0 Å². The highest BCUT2D eigenvalue weighted by Gasteiger charge is 2.36. The summed E-state index contributed by atoms with van der Waals surface area (Å²) in [5.41, 5.74) is 9.53. The lowest BCUT2D eigenvalue weighted by molar-refractivity contribution is 0.350. The van der Waals surface area contributed by atoms with Crippen LogP contribution in [0, 0.1) is 11.3 Å². The van der Waals surface area contributed by atoms with E-state index < -0.39 is 0 Å². The molecule has 0 fully saturated rings. The standard InChI is InChI=1S/C21H18N2O3S/c1-24-16-8-7-12(9-17(16)25-2)19-14(10-22)21(23)26-20-13-5-3-4-6-18(13)27-11-15(19)20/h3-9,19H,11,23H2,1-2H3. The van der Waals surface area contributed by atoms with Gasteiger partial charge in [-0.2, -0.15) is 5.26 Å². The van der Waals surface area contributed by atoms with Gasteiger partial charge in [0, 0.05) is 16.2 Å². The third kappa shape index (κ3) is 2.81. The summed E-state index contributed by atoms with van der Waals surface area (Å²) in [6, 6.07) is 16.0. The molecule has 2 aliphatic heterocycles. The van der Waals surface area contributed by atoms with Crippen molar-refractivity contribution in [3.63, 3.8) is 0 Å². The molecule has 0 radical (unpaired) electrons. The lowest BCUT2D eigenvalue weighted by atomic mass is 9.82. The number of fused-ring (bicyclic) bond motifs is 2. The fraction of sp³-hybridized carbons (Fsp3) is 0.190. The van der Waals surface area contributed by atoms with E-state index in [4.69, 9.17) is 19.9 Å². The van der Waals surface area contributed by atoms with Crippen LogP contribution in [0.2, 0.25) is 0 Å². The van der Waals surface area contributed by atoms with Crippen molar-refractivity contribution >= 4 is 17.5 Å². The van der Waals surface area contributed by atoms with Crippen LogP contribution in [0.4, 0.5) is 0 Å². The molecule has 1 atom stereocenters. The number of ether oxygens (including phenoxy) is 3. The Hall–Kier alpha value is -3.04. The van der Waals surface area contributed by atoms with E-state index in [0.717, 1.165) is 33.1 Å². The highest BCUT2D eigenvalue weighted by Crippen LogP contribution is 2.49. The molecule has 0 aliphatic carbocycles. The molecule has 0 saturated carbocycles. The molecule has 0 aromatic heterocycles. The number of methoxy groups -OCH3 is 2. The van der Waals surface area contributed by atoms with Gasteiger partial charge in [0.05, 0.1) is 20.1 Å². The quantitative estimate of drug-likeness (QED) is 0.869. The van der Waals surface area contributed by atoms with Crippen LogP contribution in [0.15, 0.2) is 64.4 Å². The highest BCUT2D eigenvalue weighted by atomic mass is 32.2. The first kappa shape index (κ1) is 17.4. The third-order valence-corrected chi connectivity index (χ3v) is 5.90. The van der Waals surface area contributed by atoms with Gasteiger partial charge in [0.2, 0.25) is 5.88 Å². The minimum Gasteiger partial charge on any atom is -0.493 e. The monoisotopic (exact) mass is 378 g/mol. The van der Waals surface area contributed by atoms with Gasteiger partial charge in [-0.25, -0.2) is 0 Å². The van der Waals surface area contributed by atoms with Crippen LogP contribution in [0.3, 0.4) is 0 Å². The Morgan fingerprint density at radius 1 is 1.15 bits per heavy atom. The van der Waals surface area contributed by atoms with E-state index in [0.29, 0.717) is 17.1 Å². The SMILES string of the molecule is COc1ccc(C2C(C#N)=C(N)OC3=C2CSc2ccccc23)cc1OC. The first-order valence-corrected chi connectivity index (χ1v) is 9.41. The van der Waals surface area contributed by atoms with Crippen molar-refractivity contribution in [1.29, 1.82) is 5.26 Å². The first-order valence-electron chi connectivity index (χ1n) is 8.42. The average Bonchev–Trinajstić information content (AvgIpc) is 2.72. The normalized spacial score (nSPS) is 18.2. The number of nitriles is 1. The van der Waals surface area contributed by atoms with Gasteiger partial charge in [0.15, 0.2) is 11.5 Å². The number of hydrogen-bond donors (Lipinski definition) is 1. The molecular weight excluding hydrogens is 360 g/mol. The fourth-order valence-corrected chi connectivity index (χ4v) is 4.61. The predicted molar refractivity (Wildman–Crippen MR) is 104 cm³/mol. The number of allylic oxidation sites excluding steroid dienone is 1. The summed E-state index contributed by atoms with van der Waals surface area (Å²) in [5.74, 6) is 2.60. The summed E-state index contributed by atoms with van der Waals surface area (Å²) in [6.07, 6.45) is 0. The zero-order valence-electron chi connectivity index (χ0n) is 15.0. The zero-order chi connectivity index (χ0) is 19.0. The Balaban J connectivity index is 1.90. The topological polar surface area (TPSA) is 77.5 Å². The van der Waals surface area contributed by atoms with Gasteiger partial charge in [-0.15, -0.1) is 11.8 Å². The van der Waals surface area contributed by atoms with Crippen molar-refractivity contribution in [2.45, 2.75) is 10.8 Å². The maximum absolute atomic E-state index is 9.75. The third-order valence-electron chi connectivity index (χ3n) is 4.78. The number of benzene rings is 2. The second-order valence-corrected chi connectivity index (χ2v) is 7.20. The van der Waals surface area contributed by atoms with E-state index >= 15 is 0 Å². The molecule has 6 heteroatoms. The molecule has 4 rings (SSSR count). The second kappa shape index (κ2) is 6.93. The van der Waals surface area contributed by atoms with Crippen molar-refractivity contribution in [3.8, 4) is 17.6 Å². The molecule has 2 aromatic carbocycles. The van der Waals surface area contributed by atoms with E-state index in [-0.39, 0.29) is 11.8 Å². The van der Waals surface area contributed by atoms with E-state index in [9.17, 15) is 5.26 Å². The Labute approximate surface area is 162 Å². The maximum atomic E-state index is 9.75. The van der Waals surface area contributed by atoms with Crippen molar-refractivity contribution in [1.82, 2.24) is 0 Å². The van der Waals surface area contributed by atoms with Gasteiger partial charge in [-0.3, -0.25) is 0 Å². The lowest BCUT2D eigenvalue weighted by Gasteiger charge is -2.32. The number of rotatable bonds is 3. The molecular formula is C21H18N2O3S. The summed E-state index contributed by atoms with van der Waals surface area (Å²) in [7, 11) is 3.19. The summed E-state index contributed by atoms with van der Waals surface area (Å²) >= 11 is 1.74. The number of nitrogens with two attached hydrogens (primary N) is 1. The number of nitrogens with zero attached hydrogens (tertiary/aromatic N) is 1. The van der Waals surface area contributed by atoms with E-state index in [1.165, 1.54) is 0 Å². The molecule has 0 saturated heterocycles. The van der Waals surface area contributed by atoms with Crippen LogP contribution in [0.5, 0.6) is 11.5 Å². The summed E-state index contributed by atoms with van der Waals surface area (Å²) < 4.78 is 16.7. The van der Waals surface area contributed by atoms with Gasteiger partial charge in [-0.1, -0.05) is 24.3 Å². The van der Waals surface area contributed by atoms with Crippen LogP contribution >= 0.6 is 11.8 Å². The smallest absolute Gasteiger partial charge is 0.205 e. The predicted octanol–water partition coefficient (Wildman–Crippen LogP) is 4.03. The molecule has 1 unspecified atom stereocenters. The second-order valence-electron chi connectivity index (χ2n) is 6.18. The Morgan fingerprint density at radius 3 is 2.67 bits per heavy atom. The van der Waals surface area contributed by atoms with Crippen LogP contribution in [-0.2, 0) is 4.74 Å². The van der Waals surface area contributed by atoms with E-state index in [1.54, 1.807) is 26.0 Å². The van der Waals surface area contributed by atoms with Crippen molar-refractivity contribution in [2.24, 2.45) is 5.73 Å². The molecule has 0 amide bonds. The molecule has 27 heavy (non-hydrogen) atoms. The fourth-order valence-electron chi connectivity index (χ4n) is 3.51. The van der Waals surface area contributed by atoms with Gasteiger partial charge < -0.3 is 19.9 Å². The van der Waals surface area contributed by atoms with Gasteiger partial charge >= 0.3 is 0 Å². The largest absolute Gasteiger partial charge is 0.493 e. The lowest BCUT2D eigenvalue weighted by Crippen LogP contribution is -2.23. The van der Waals surface area contributed by atoms with Crippen LogP contribution in [0.1, 0.15) is 17.0 Å². The Kier molecular flexibility index (Phi) is 4.46. The molecule has 5 nitrogen and oxygen atoms in total. The van der Waals surface area contributed by atoms with Gasteiger partial charge in [0.1, 0.15) is 17.4 Å². The Morgan fingerprint density at radius 2 is 1.93 bits per heavy atom. The Bertz CT molecular complexity index is 1020. The molecule has 2 heterocycles. The summed E-state index contributed by atoms with van der Waals surface area (Å²) in [4.78, 5) is 1.15. The van der Waals surface area contributed by atoms with Crippen molar-refractivity contribution in [3.05, 3.63) is 70.6 Å². The average molecular weight is 378 g/mol. The number of hydrogen-bond acceptors (Lipinski definition) is 6. The first-order chi connectivity index (χ1) is 13.2. The minimum absolute atomic E-state index is 0.151. The minimum atomic E-state index is -0.278. The highest BCUT2D eigenvalue weighted by molar-refractivity contribution is 7.99. The van der Waals surface area contributed by atoms with E-state index in [2.05, 4.69) is 12.1 Å². The molecule has 0 bridgehead atoms. The maximum Gasteiger partial charge on any atom is 0.205 e. The van der Waals surface area contributed by atoms with Crippen LogP contribution in [-0.4, -0.2) is 20.0 Å². The summed E-state index contributed by atoms with van der Waals surface area (Å²) in [5, 5.41) is 9.75. The van der Waals surface area contributed by atoms with Crippen molar-refractivity contribution < 1.29 is 14.2 Å². The van der Waals surface area contributed by atoms with E-state index in [1.807, 2.05) is 36.4 Å². The van der Waals surface area contributed by atoms with Crippen LogP contribution in [0.25, 0.3) is 5.76 Å². The van der Waals surface area contributed by atoms with Gasteiger partial charge in [-0.05, 0) is 29.3 Å². The zero-order valence-corrected chi connectivity index (χ0v) is 15.8.